The van der Waals surface area contributed by atoms with Crippen molar-refractivity contribution in [3.8, 4) is 0 Å². The molecule has 49 heavy (non-hydrogen) atoms. The number of nitrogens with one attached hydrogen (secondary N) is 1. The van der Waals surface area contributed by atoms with Crippen LogP contribution < -0.4 is 5.32 Å². The molecule has 1 fully saturated rings. The second-order valence-electron chi connectivity index (χ2n) is 12.5. The standard InChI is InChI=1S/C36H46F6N2O5/c1-2-3-4-5-6-7-8-12-17-48-32(45)23-43-24-33(46)49-25-27-15-16-44(31(19-27)18-26-13-10-9-11-14-26)34(47)28-20-29(35(37,38)39)22-30(21-28)36(40,41)42/h9-11,13-14,20-22,27,31,43H,2-8,12,15-19,23-25H2,1H3/t27-,31-/m0/s1. The summed E-state index contributed by atoms with van der Waals surface area (Å²) in [6.07, 6.45) is -0.274. The van der Waals surface area contributed by atoms with Gasteiger partial charge in [-0.1, -0.05) is 82.2 Å². The largest absolute Gasteiger partial charge is 0.465 e. The first-order valence-corrected chi connectivity index (χ1v) is 16.9. The normalized spacial score (nSPS) is 16.8. The van der Waals surface area contributed by atoms with Gasteiger partial charge in [0.15, 0.2) is 0 Å². The number of hydrogen-bond acceptors (Lipinski definition) is 6. The van der Waals surface area contributed by atoms with Gasteiger partial charge in [0.1, 0.15) is 0 Å². The van der Waals surface area contributed by atoms with Crippen molar-refractivity contribution in [2.45, 2.75) is 95.9 Å². The third-order valence-electron chi connectivity index (χ3n) is 8.51. The van der Waals surface area contributed by atoms with E-state index in [1.165, 1.54) is 37.0 Å². The lowest BCUT2D eigenvalue weighted by Crippen LogP contribution is -2.48. The zero-order chi connectivity index (χ0) is 35.9. The highest BCUT2D eigenvalue weighted by Gasteiger charge is 2.39. The summed E-state index contributed by atoms with van der Waals surface area (Å²) in [4.78, 5) is 39.2. The van der Waals surface area contributed by atoms with E-state index < -0.39 is 52.9 Å². The van der Waals surface area contributed by atoms with Crippen LogP contribution >= 0.6 is 0 Å². The molecule has 2 atom stereocenters. The number of carbonyl (C=O) groups excluding carboxylic acids is 3. The van der Waals surface area contributed by atoms with Crippen LogP contribution in [0.2, 0.25) is 0 Å². The second-order valence-corrected chi connectivity index (χ2v) is 12.5. The Morgan fingerprint density at radius 1 is 0.796 bits per heavy atom. The minimum Gasteiger partial charge on any atom is -0.465 e. The molecular formula is C36H46F6N2O5. The quantitative estimate of drug-likeness (QED) is 0.0964. The first-order valence-electron chi connectivity index (χ1n) is 16.9. The number of ether oxygens (including phenoxy) is 2. The zero-order valence-corrected chi connectivity index (χ0v) is 27.8. The van der Waals surface area contributed by atoms with Crippen LogP contribution in [-0.4, -0.2) is 61.6 Å². The summed E-state index contributed by atoms with van der Waals surface area (Å²) in [6, 6.07) is 9.29. The lowest BCUT2D eigenvalue weighted by molar-refractivity contribution is -0.146. The molecule has 1 amide bonds. The van der Waals surface area contributed by atoms with Crippen molar-refractivity contribution in [1.29, 1.82) is 0 Å². The molecule has 3 rings (SSSR count). The SMILES string of the molecule is CCCCCCCCCCOC(=O)CNCC(=O)OC[C@H]1CCN(C(=O)c2cc(C(F)(F)F)cc(C(F)(F)F)c2)[C@@H](Cc2ccccc2)C1. The molecule has 1 aliphatic heterocycles. The minimum absolute atomic E-state index is 0.00148. The molecule has 1 N–H and O–H groups in total. The van der Waals surface area contributed by atoms with E-state index in [0.29, 0.717) is 38.0 Å². The first kappa shape index (κ1) is 39.8. The van der Waals surface area contributed by atoms with E-state index in [4.69, 9.17) is 9.47 Å². The van der Waals surface area contributed by atoms with Gasteiger partial charge >= 0.3 is 24.3 Å². The van der Waals surface area contributed by atoms with Crippen LogP contribution in [0.5, 0.6) is 0 Å². The molecule has 2 aromatic rings. The Kier molecular flexibility index (Phi) is 15.9. The number of rotatable bonds is 18. The van der Waals surface area contributed by atoms with Crippen molar-refractivity contribution in [3.05, 3.63) is 70.8 Å². The van der Waals surface area contributed by atoms with Gasteiger partial charge in [0, 0.05) is 18.2 Å². The fourth-order valence-corrected chi connectivity index (χ4v) is 5.88. The molecule has 272 valence electrons. The van der Waals surface area contributed by atoms with Gasteiger partial charge in [-0.15, -0.1) is 0 Å². The smallest absolute Gasteiger partial charge is 0.416 e. The second kappa shape index (κ2) is 19.5. The maximum absolute atomic E-state index is 13.5. The Morgan fingerprint density at radius 2 is 1.37 bits per heavy atom. The van der Waals surface area contributed by atoms with Gasteiger partial charge in [-0.25, -0.2) is 0 Å². The summed E-state index contributed by atoms with van der Waals surface area (Å²) < 4.78 is 91.5. The Hall–Kier alpha value is -3.61. The predicted octanol–water partition coefficient (Wildman–Crippen LogP) is 8.00. The first-order chi connectivity index (χ1) is 23.3. The van der Waals surface area contributed by atoms with Crippen LogP contribution in [0.15, 0.2) is 48.5 Å². The molecule has 13 heteroatoms. The number of alkyl halides is 6. The molecule has 2 aromatic carbocycles. The summed E-state index contributed by atoms with van der Waals surface area (Å²) in [5.74, 6) is -2.23. The van der Waals surface area contributed by atoms with E-state index in [2.05, 4.69) is 12.2 Å². The van der Waals surface area contributed by atoms with Gasteiger partial charge in [-0.2, -0.15) is 26.3 Å². The maximum Gasteiger partial charge on any atom is 0.416 e. The van der Waals surface area contributed by atoms with Crippen molar-refractivity contribution in [1.82, 2.24) is 10.2 Å². The van der Waals surface area contributed by atoms with E-state index in [-0.39, 0.29) is 38.2 Å². The summed E-state index contributed by atoms with van der Waals surface area (Å²) in [6.45, 7) is 2.15. The van der Waals surface area contributed by atoms with E-state index in [1.54, 1.807) is 18.2 Å². The summed E-state index contributed by atoms with van der Waals surface area (Å²) >= 11 is 0. The number of benzene rings is 2. The van der Waals surface area contributed by atoms with Crippen molar-refractivity contribution < 1.29 is 50.2 Å². The summed E-state index contributed by atoms with van der Waals surface area (Å²) in [5.41, 5.74) is -3.00. The molecule has 0 bridgehead atoms. The lowest BCUT2D eigenvalue weighted by Gasteiger charge is -2.40. The van der Waals surface area contributed by atoms with Crippen LogP contribution in [0, 0.1) is 5.92 Å². The van der Waals surface area contributed by atoms with E-state index in [1.807, 2.05) is 12.1 Å². The molecule has 1 saturated heterocycles. The third kappa shape index (κ3) is 14.0. The van der Waals surface area contributed by atoms with Crippen molar-refractivity contribution in [2.75, 3.05) is 32.8 Å². The summed E-state index contributed by atoms with van der Waals surface area (Å²) in [7, 11) is 0. The molecule has 0 saturated carbocycles. The van der Waals surface area contributed by atoms with Gasteiger partial charge in [0.2, 0.25) is 0 Å². The number of hydrogen-bond donors (Lipinski definition) is 1. The highest BCUT2D eigenvalue weighted by atomic mass is 19.4. The lowest BCUT2D eigenvalue weighted by atomic mass is 9.87. The summed E-state index contributed by atoms with van der Waals surface area (Å²) in [5, 5.41) is 2.70. The Morgan fingerprint density at radius 3 is 1.96 bits per heavy atom. The molecule has 1 heterocycles. The number of nitrogens with zero attached hydrogens (tertiary/aromatic N) is 1. The topological polar surface area (TPSA) is 84.9 Å². The Balaban J connectivity index is 1.51. The van der Waals surface area contributed by atoms with Crippen LogP contribution in [0.25, 0.3) is 0 Å². The van der Waals surface area contributed by atoms with Gasteiger partial charge in [-0.3, -0.25) is 19.7 Å². The predicted molar refractivity (Wildman–Crippen MR) is 172 cm³/mol. The van der Waals surface area contributed by atoms with Crippen LogP contribution in [-0.2, 0) is 37.8 Å². The number of esters is 2. The highest BCUT2D eigenvalue weighted by molar-refractivity contribution is 5.95. The number of likely N-dealkylation sites (tertiary alicyclic amines) is 1. The van der Waals surface area contributed by atoms with E-state index >= 15 is 0 Å². The van der Waals surface area contributed by atoms with Gasteiger partial charge in [-0.05, 0) is 55.4 Å². The molecule has 7 nitrogen and oxygen atoms in total. The van der Waals surface area contributed by atoms with Crippen molar-refractivity contribution in [3.63, 3.8) is 0 Å². The fourth-order valence-electron chi connectivity index (χ4n) is 5.88. The van der Waals surface area contributed by atoms with Gasteiger partial charge in [0.05, 0.1) is 37.4 Å². The molecule has 0 aromatic heterocycles. The number of halogens is 6. The van der Waals surface area contributed by atoms with Crippen molar-refractivity contribution in [2.24, 2.45) is 5.92 Å². The zero-order valence-electron chi connectivity index (χ0n) is 27.8. The molecular weight excluding hydrogens is 654 g/mol. The maximum atomic E-state index is 13.5. The molecule has 0 spiro atoms. The average Bonchev–Trinajstić information content (AvgIpc) is 3.06. The van der Waals surface area contributed by atoms with E-state index in [0.717, 1.165) is 24.8 Å². The van der Waals surface area contributed by atoms with Gasteiger partial charge < -0.3 is 14.4 Å². The van der Waals surface area contributed by atoms with Crippen LogP contribution in [0.4, 0.5) is 26.3 Å². The number of unbranched alkanes of at least 4 members (excludes halogenated alkanes) is 7. The Labute approximate surface area is 283 Å². The molecule has 0 radical (unpaired) electrons. The van der Waals surface area contributed by atoms with Crippen LogP contribution in [0.3, 0.4) is 0 Å². The van der Waals surface area contributed by atoms with Crippen molar-refractivity contribution >= 4 is 17.8 Å². The van der Waals surface area contributed by atoms with E-state index in [9.17, 15) is 40.7 Å². The highest BCUT2D eigenvalue weighted by Crippen LogP contribution is 2.37. The minimum atomic E-state index is -5.08. The fraction of sp³-hybridized carbons (Fsp3) is 0.583. The third-order valence-corrected chi connectivity index (χ3v) is 8.51. The molecule has 0 unspecified atom stereocenters. The Bertz CT molecular complexity index is 1300. The van der Waals surface area contributed by atoms with Crippen LogP contribution in [0.1, 0.15) is 98.2 Å². The van der Waals surface area contributed by atoms with Gasteiger partial charge in [0.25, 0.3) is 5.91 Å². The molecule has 0 aliphatic carbocycles. The number of amides is 1. The number of carbonyl (C=O) groups is 3. The number of piperidine rings is 1. The molecule has 1 aliphatic rings. The average molecular weight is 701 g/mol. The monoisotopic (exact) mass is 700 g/mol.